The number of ether oxygens (including phenoxy) is 1. The van der Waals surface area contributed by atoms with Gasteiger partial charge in [0.25, 0.3) is 0 Å². The van der Waals surface area contributed by atoms with E-state index in [4.69, 9.17) is 4.74 Å². The van der Waals surface area contributed by atoms with Crippen molar-refractivity contribution in [2.75, 3.05) is 5.32 Å². The molecule has 1 N–H and O–H groups in total. The summed E-state index contributed by atoms with van der Waals surface area (Å²) in [5.74, 6) is 0.400. The van der Waals surface area contributed by atoms with Gasteiger partial charge in [0, 0.05) is 29.7 Å². The summed E-state index contributed by atoms with van der Waals surface area (Å²) in [5, 5.41) is 2.79. The maximum Gasteiger partial charge on any atom is 0.224 e. The lowest BCUT2D eigenvalue weighted by Gasteiger charge is -2.14. The number of anilines is 1. The van der Waals surface area contributed by atoms with Crippen molar-refractivity contribution in [1.29, 1.82) is 0 Å². The molecule has 0 spiro atoms. The molecule has 0 saturated carbocycles. The van der Waals surface area contributed by atoms with Crippen molar-refractivity contribution >= 4 is 23.2 Å². The van der Waals surface area contributed by atoms with Gasteiger partial charge >= 0.3 is 0 Å². The molecule has 0 aromatic heterocycles. The SMILES string of the molecule is CCCC(=O)Nc1ccc(C(=O)[C@H](C)Oc2ccc(C(=O)CC)cc2)cc1. The van der Waals surface area contributed by atoms with Crippen molar-refractivity contribution in [3.8, 4) is 5.75 Å². The van der Waals surface area contributed by atoms with Crippen molar-refractivity contribution in [3.63, 3.8) is 0 Å². The predicted molar refractivity (Wildman–Crippen MR) is 105 cm³/mol. The number of hydrogen-bond acceptors (Lipinski definition) is 4. The first-order chi connectivity index (χ1) is 12.9. The van der Waals surface area contributed by atoms with Crippen LogP contribution in [0.4, 0.5) is 5.69 Å². The Kier molecular flexibility index (Phi) is 7.29. The highest BCUT2D eigenvalue weighted by Crippen LogP contribution is 2.18. The van der Waals surface area contributed by atoms with Crippen molar-refractivity contribution in [2.24, 2.45) is 0 Å². The summed E-state index contributed by atoms with van der Waals surface area (Å²) in [6.45, 7) is 5.44. The van der Waals surface area contributed by atoms with Crippen LogP contribution in [0.25, 0.3) is 0 Å². The van der Waals surface area contributed by atoms with E-state index in [9.17, 15) is 14.4 Å². The predicted octanol–water partition coefficient (Wildman–Crippen LogP) is 4.67. The molecular formula is C22H25NO4. The Morgan fingerprint density at radius 2 is 1.52 bits per heavy atom. The molecule has 2 rings (SSSR count). The molecule has 0 fully saturated rings. The quantitative estimate of drug-likeness (QED) is 0.654. The molecule has 5 heteroatoms. The standard InChI is InChI=1S/C22H25NO4/c1-4-6-21(25)23-18-11-7-17(8-12-18)22(26)15(3)27-19-13-9-16(10-14-19)20(24)5-2/h7-15H,4-6H2,1-3H3,(H,23,25)/t15-/m0/s1. The summed E-state index contributed by atoms with van der Waals surface area (Å²) < 4.78 is 5.70. The van der Waals surface area contributed by atoms with Gasteiger partial charge in [-0.2, -0.15) is 0 Å². The van der Waals surface area contributed by atoms with Gasteiger partial charge in [-0.05, 0) is 61.9 Å². The Morgan fingerprint density at radius 3 is 2.07 bits per heavy atom. The fourth-order valence-electron chi connectivity index (χ4n) is 2.58. The van der Waals surface area contributed by atoms with Gasteiger partial charge in [-0.15, -0.1) is 0 Å². The molecule has 2 aromatic carbocycles. The van der Waals surface area contributed by atoms with Crippen LogP contribution in [0.1, 0.15) is 60.7 Å². The normalized spacial score (nSPS) is 11.5. The lowest BCUT2D eigenvalue weighted by molar-refractivity contribution is -0.116. The Labute approximate surface area is 159 Å². The number of amides is 1. The van der Waals surface area contributed by atoms with Crippen molar-refractivity contribution in [2.45, 2.75) is 46.1 Å². The van der Waals surface area contributed by atoms with Crippen LogP contribution in [-0.4, -0.2) is 23.6 Å². The topological polar surface area (TPSA) is 72.5 Å². The summed E-state index contributed by atoms with van der Waals surface area (Å²) in [6, 6.07) is 13.5. The van der Waals surface area contributed by atoms with E-state index in [1.165, 1.54) is 0 Å². The van der Waals surface area contributed by atoms with Gasteiger partial charge in [0.15, 0.2) is 11.9 Å². The maximum atomic E-state index is 12.5. The minimum atomic E-state index is -0.668. The number of Topliss-reactive ketones (excluding diaryl/α,β-unsaturated/α-hetero) is 2. The van der Waals surface area contributed by atoms with Crippen LogP contribution < -0.4 is 10.1 Å². The lowest BCUT2D eigenvalue weighted by atomic mass is 10.1. The number of ketones is 2. The van der Waals surface area contributed by atoms with E-state index in [1.807, 2.05) is 13.8 Å². The summed E-state index contributed by atoms with van der Waals surface area (Å²) in [7, 11) is 0. The summed E-state index contributed by atoms with van der Waals surface area (Å²) in [4.78, 5) is 35.8. The van der Waals surface area contributed by atoms with Gasteiger partial charge in [-0.1, -0.05) is 13.8 Å². The second-order valence-electron chi connectivity index (χ2n) is 6.30. The molecule has 2 aromatic rings. The Balaban J connectivity index is 1.98. The molecule has 1 amide bonds. The second kappa shape index (κ2) is 9.67. The maximum absolute atomic E-state index is 12.5. The van der Waals surface area contributed by atoms with E-state index in [0.717, 1.165) is 6.42 Å². The van der Waals surface area contributed by atoms with Crippen LogP contribution in [0.5, 0.6) is 5.75 Å². The highest BCUT2D eigenvalue weighted by molar-refractivity contribution is 6.00. The zero-order chi connectivity index (χ0) is 19.8. The lowest BCUT2D eigenvalue weighted by Crippen LogP contribution is -2.24. The largest absolute Gasteiger partial charge is 0.483 e. The number of carbonyl (C=O) groups excluding carboxylic acids is 3. The summed E-state index contributed by atoms with van der Waals surface area (Å²) in [5.41, 5.74) is 1.80. The van der Waals surface area contributed by atoms with Gasteiger partial charge in [-0.3, -0.25) is 14.4 Å². The zero-order valence-electron chi connectivity index (χ0n) is 16.0. The third-order valence-electron chi connectivity index (χ3n) is 4.11. The molecule has 1 atom stereocenters. The average Bonchev–Trinajstić information content (AvgIpc) is 2.68. The van der Waals surface area contributed by atoms with Gasteiger partial charge in [0.1, 0.15) is 5.75 Å². The van der Waals surface area contributed by atoms with Gasteiger partial charge in [0.2, 0.25) is 11.7 Å². The highest BCUT2D eigenvalue weighted by atomic mass is 16.5. The molecule has 0 aliphatic heterocycles. The van der Waals surface area contributed by atoms with E-state index in [2.05, 4.69) is 5.32 Å². The Bertz CT molecular complexity index is 794. The number of rotatable bonds is 9. The van der Waals surface area contributed by atoms with Crippen LogP contribution in [0.15, 0.2) is 48.5 Å². The molecule has 27 heavy (non-hydrogen) atoms. The van der Waals surface area contributed by atoms with Gasteiger partial charge in [0.05, 0.1) is 0 Å². The zero-order valence-corrected chi connectivity index (χ0v) is 16.0. The van der Waals surface area contributed by atoms with E-state index >= 15 is 0 Å². The first-order valence-electron chi connectivity index (χ1n) is 9.18. The first kappa shape index (κ1) is 20.4. The number of nitrogens with one attached hydrogen (secondary N) is 1. The number of hydrogen-bond donors (Lipinski definition) is 1. The van der Waals surface area contributed by atoms with Crippen molar-refractivity contribution in [3.05, 3.63) is 59.7 Å². The van der Waals surface area contributed by atoms with Crippen LogP contribution in [0.2, 0.25) is 0 Å². The molecule has 142 valence electrons. The van der Waals surface area contributed by atoms with Crippen LogP contribution >= 0.6 is 0 Å². The minimum absolute atomic E-state index is 0.0433. The van der Waals surface area contributed by atoms with E-state index < -0.39 is 6.10 Å². The molecule has 5 nitrogen and oxygen atoms in total. The van der Waals surface area contributed by atoms with Gasteiger partial charge < -0.3 is 10.1 Å². The Morgan fingerprint density at radius 1 is 0.926 bits per heavy atom. The minimum Gasteiger partial charge on any atom is -0.483 e. The van der Waals surface area contributed by atoms with E-state index in [0.29, 0.717) is 35.4 Å². The molecule has 0 heterocycles. The molecule has 0 bridgehead atoms. The van der Waals surface area contributed by atoms with Crippen LogP contribution in [0, 0.1) is 0 Å². The van der Waals surface area contributed by atoms with Crippen LogP contribution in [0.3, 0.4) is 0 Å². The van der Waals surface area contributed by atoms with Crippen LogP contribution in [-0.2, 0) is 4.79 Å². The van der Waals surface area contributed by atoms with E-state index in [1.54, 1.807) is 55.5 Å². The molecule has 0 aliphatic rings. The van der Waals surface area contributed by atoms with Crippen molar-refractivity contribution in [1.82, 2.24) is 0 Å². The number of carbonyl (C=O) groups is 3. The molecule has 0 aliphatic carbocycles. The fraction of sp³-hybridized carbons (Fsp3) is 0.318. The fourth-order valence-corrected chi connectivity index (χ4v) is 2.58. The third-order valence-corrected chi connectivity index (χ3v) is 4.11. The van der Waals surface area contributed by atoms with Crippen molar-refractivity contribution < 1.29 is 19.1 Å². The Hall–Kier alpha value is -2.95. The molecule has 0 saturated heterocycles. The first-order valence-corrected chi connectivity index (χ1v) is 9.18. The highest BCUT2D eigenvalue weighted by Gasteiger charge is 2.17. The van der Waals surface area contributed by atoms with E-state index in [-0.39, 0.29) is 17.5 Å². The smallest absolute Gasteiger partial charge is 0.224 e. The van der Waals surface area contributed by atoms with Gasteiger partial charge in [-0.25, -0.2) is 0 Å². The second-order valence-corrected chi connectivity index (χ2v) is 6.30. The molecule has 0 unspecified atom stereocenters. The molecular weight excluding hydrogens is 342 g/mol. The average molecular weight is 367 g/mol. The third kappa shape index (κ3) is 5.78. The summed E-state index contributed by atoms with van der Waals surface area (Å²) >= 11 is 0. The molecule has 0 radical (unpaired) electrons. The summed E-state index contributed by atoms with van der Waals surface area (Å²) in [6.07, 6.45) is 1.03. The monoisotopic (exact) mass is 367 g/mol. The number of benzene rings is 2.